The summed E-state index contributed by atoms with van der Waals surface area (Å²) in [5, 5.41) is 5.08. The van der Waals surface area contributed by atoms with Crippen LogP contribution in [0.25, 0.3) is 0 Å². The molecule has 2 heterocycles. The SMILES string of the molecule is CCC(NCc1csc(=O)[nH]1)c1ccc(F)cn1. The fraction of sp³-hybridized carbons (Fsp3) is 0.333. The van der Waals surface area contributed by atoms with Crippen LogP contribution in [0.5, 0.6) is 0 Å². The number of hydrogen-bond donors (Lipinski definition) is 2. The zero-order chi connectivity index (χ0) is 13.0. The highest BCUT2D eigenvalue weighted by atomic mass is 32.1. The summed E-state index contributed by atoms with van der Waals surface area (Å²) in [6.07, 6.45) is 2.05. The molecular weight excluding hydrogens is 253 g/mol. The number of aromatic amines is 1. The molecule has 0 saturated carbocycles. The highest BCUT2D eigenvalue weighted by Crippen LogP contribution is 2.14. The topological polar surface area (TPSA) is 57.8 Å². The third-order valence-electron chi connectivity index (χ3n) is 2.63. The van der Waals surface area contributed by atoms with Gasteiger partial charge in [-0.2, -0.15) is 0 Å². The molecule has 0 aromatic carbocycles. The maximum Gasteiger partial charge on any atom is 0.304 e. The molecular formula is C12H14FN3OS. The first kappa shape index (κ1) is 12.9. The largest absolute Gasteiger partial charge is 0.315 e. The predicted octanol–water partition coefficient (Wildman–Crippen LogP) is 2.21. The Kier molecular flexibility index (Phi) is 4.22. The van der Waals surface area contributed by atoms with Gasteiger partial charge in [0.2, 0.25) is 0 Å². The van der Waals surface area contributed by atoms with Crippen molar-refractivity contribution in [2.24, 2.45) is 0 Å². The number of aromatic nitrogens is 2. The fourth-order valence-electron chi connectivity index (χ4n) is 1.69. The molecule has 0 aliphatic carbocycles. The third-order valence-corrected chi connectivity index (χ3v) is 3.34. The van der Waals surface area contributed by atoms with Gasteiger partial charge in [0.05, 0.1) is 11.9 Å². The van der Waals surface area contributed by atoms with E-state index in [-0.39, 0.29) is 16.7 Å². The fourth-order valence-corrected chi connectivity index (χ4v) is 2.27. The predicted molar refractivity (Wildman–Crippen MR) is 69.0 cm³/mol. The first-order valence-corrected chi connectivity index (χ1v) is 6.58. The molecule has 0 saturated heterocycles. The van der Waals surface area contributed by atoms with Crippen molar-refractivity contribution in [2.45, 2.75) is 25.9 Å². The van der Waals surface area contributed by atoms with E-state index in [4.69, 9.17) is 0 Å². The van der Waals surface area contributed by atoms with Gasteiger partial charge in [0.1, 0.15) is 5.82 Å². The normalized spacial score (nSPS) is 12.6. The van der Waals surface area contributed by atoms with E-state index in [9.17, 15) is 9.18 Å². The molecule has 0 bridgehead atoms. The summed E-state index contributed by atoms with van der Waals surface area (Å²) in [5.41, 5.74) is 1.65. The minimum absolute atomic E-state index is 0.0500. The lowest BCUT2D eigenvalue weighted by Crippen LogP contribution is -2.21. The zero-order valence-corrected chi connectivity index (χ0v) is 10.8. The van der Waals surface area contributed by atoms with E-state index in [0.717, 1.165) is 29.1 Å². The number of nitrogens with zero attached hydrogens (tertiary/aromatic N) is 1. The van der Waals surface area contributed by atoms with Crippen molar-refractivity contribution in [2.75, 3.05) is 0 Å². The van der Waals surface area contributed by atoms with Crippen LogP contribution in [-0.4, -0.2) is 9.97 Å². The molecule has 18 heavy (non-hydrogen) atoms. The van der Waals surface area contributed by atoms with Gasteiger partial charge in [-0.25, -0.2) is 4.39 Å². The summed E-state index contributed by atoms with van der Waals surface area (Å²) in [6.45, 7) is 2.59. The molecule has 2 aromatic heterocycles. The lowest BCUT2D eigenvalue weighted by molar-refractivity contribution is 0.500. The van der Waals surface area contributed by atoms with Crippen LogP contribution in [0.15, 0.2) is 28.5 Å². The van der Waals surface area contributed by atoms with Gasteiger partial charge in [0.25, 0.3) is 0 Å². The third kappa shape index (κ3) is 3.24. The van der Waals surface area contributed by atoms with E-state index in [1.807, 2.05) is 6.92 Å². The van der Waals surface area contributed by atoms with Crippen molar-refractivity contribution in [3.8, 4) is 0 Å². The van der Waals surface area contributed by atoms with E-state index in [2.05, 4.69) is 15.3 Å². The molecule has 2 rings (SSSR count). The number of nitrogens with one attached hydrogen (secondary N) is 2. The lowest BCUT2D eigenvalue weighted by Gasteiger charge is -2.15. The Labute approximate surface area is 108 Å². The Balaban J connectivity index is 2.01. The van der Waals surface area contributed by atoms with Crippen molar-refractivity contribution in [3.05, 3.63) is 50.6 Å². The van der Waals surface area contributed by atoms with Crippen LogP contribution in [0.2, 0.25) is 0 Å². The van der Waals surface area contributed by atoms with E-state index in [1.165, 1.54) is 12.3 Å². The number of thiazole rings is 1. The summed E-state index contributed by atoms with van der Waals surface area (Å²) in [4.78, 5) is 17.7. The van der Waals surface area contributed by atoms with Crippen LogP contribution in [0.3, 0.4) is 0 Å². The van der Waals surface area contributed by atoms with Crippen LogP contribution in [0.4, 0.5) is 4.39 Å². The maximum absolute atomic E-state index is 12.8. The monoisotopic (exact) mass is 267 g/mol. The molecule has 1 atom stereocenters. The summed E-state index contributed by atoms with van der Waals surface area (Å²) >= 11 is 1.15. The van der Waals surface area contributed by atoms with E-state index in [1.54, 1.807) is 11.4 Å². The number of rotatable bonds is 5. The van der Waals surface area contributed by atoms with Crippen LogP contribution in [-0.2, 0) is 6.54 Å². The van der Waals surface area contributed by atoms with Gasteiger partial charge in [-0.15, -0.1) is 0 Å². The summed E-state index contributed by atoms with van der Waals surface area (Å²) in [6, 6.07) is 3.13. The van der Waals surface area contributed by atoms with Crippen molar-refractivity contribution in [1.82, 2.24) is 15.3 Å². The van der Waals surface area contributed by atoms with E-state index >= 15 is 0 Å². The molecule has 6 heteroatoms. The Morgan fingerprint density at radius 2 is 2.39 bits per heavy atom. The first-order valence-electron chi connectivity index (χ1n) is 5.70. The molecule has 0 spiro atoms. The molecule has 96 valence electrons. The molecule has 0 aliphatic heterocycles. The molecule has 0 aliphatic rings. The second-order valence-corrected chi connectivity index (χ2v) is 4.76. The Bertz CT molecular complexity index is 549. The molecule has 0 amide bonds. The van der Waals surface area contributed by atoms with Gasteiger partial charge in [0, 0.05) is 23.7 Å². The average Bonchev–Trinajstić information content (AvgIpc) is 2.78. The Morgan fingerprint density at radius 3 is 2.94 bits per heavy atom. The number of pyridine rings is 1. The van der Waals surface area contributed by atoms with Crippen molar-refractivity contribution in [1.29, 1.82) is 0 Å². The van der Waals surface area contributed by atoms with Crippen molar-refractivity contribution < 1.29 is 4.39 Å². The molecule has 1 unspecified atom stereocenters. The molecule has 2 aromatic rings. The minimum atomic E-state index is -0.337. The van der Waals surface area contributed by atoms with Crippen LogP contribution in [0, 0.1) is 5.82 Å². The Morgan fingerprint density at radius 1 is 1.56 bits per heavy atom. The summed E-state index contributed by atoms with van der Waals surface area (Å²) in [7, 11) is 0. The lowest BCUT2D eigenvalue weighted by atomic mass is 10.1. The van der Waals surface area contributed by atoms with Crippen LogP contribution in [0.1, 0.15) is 30.8 Å². The second-order valence-electron chi connectivity index (χ2n) is 3.92. The molecule has 2 N–H and O–H groups in total. The number of H-pyrrole nitrogens is 1. The smallest absolute Gasteiger partial charge is 0.304 e. The molecule has 0 radical (unpaired) electrons. The van der Waals surface area contributed by atoms with Gasteiger partial charge >= 0.3 is 4.87 Å². The molecule has 4 nitrogen and oxygen atoms in total. The Hall–Kier alpha value is -1.53. The van der Waals surface area contributed by atoms with E-state index in [0.29, 0.717) is 6.54 Å². The minimum Gasteiger partial charge on any atom is -0.315 e. The zero-order valence-electron chi connectivity index (χ0n) is 9.94. The van der Waals surface area contributed by atoms with Gasteiger partial charge < -0.3 is 10.3 Å². The quantitative estimate of drug-likeness (QED) is 0.873. The maximum atomic E-state index is 12.8. The van der Waals surface area contributed by atoms with Crippen molar-refractivity contribution >= 4 is 11.3 Å². The average molecular weight is 267 g/mol. The van der Waals surface area contributed by atoms with Gasteiger partial charge in [-0.3, -0.25) is 9.78 Å². The molecule has 0 fully saturated rings. The summed E-state index contributed by atoms with van der Waals surface area (Å²) < 4.78 is 12.8. The van der Waals surface area contributed by atoms with Gasteiger partial charge in [-0.05, 0) is 18.6 Å². The van der Waals surface area contributed by atoms with Crippen molar-refractivity contribution in [3.63, 3.8) is 0 Å². The highest BCUT2D eigenvalue weighted by molar-refractivity contribution is 7.07. The highest BCUT2D eigenvalue weighted by Gasteiger charge is 2.10. The van der Waals surface area contributed by atoms with Crippen LogP contribution >= 0.6 is 11.3 Å². The van der Waals surface area contributed by atoms with Gasteiger partial charge in [-0.1, -0.05) is 18.3 Å². The van der Waals surface area contributed by atoms with Gasteiger partial charge in [0.15, 0.2) is 0 Å². The van der Waals surface area contributed by atoms with Crippen LogP contribution < -0.4 is 10.2 Å². The number of halogens is 1. The summed E-state index contributed by atoms with van der Waals surface area (Å²) in [5.74, 6) is -0.337. The second kappa shape index (κ2) is 5.88. The first-order chi connectivity index (χ1) is 8.69. The van der Waals surface area contributed by atoms with E-state index < -0.39 is 0 Å². The standard InChI is InChI=1S/C12H14FN3OS/c1-2-10(11-4-3-8(13)5-14-11)15-6-9-7-18-12(17)16-9/h3-5,7,10,15H,2,6H2,1H3,(H,16,17). The number of hydrogen-bond acceptors (Lipinski definition) is 4.